The minimum atomic E-state index is -0.854. The Morgan fingerprint density at radius 1 is 1.38 bits per heavy atom. The second-order valence-corrected chi connectivity index (χ2v) is 4.25. The van der Waals surface area contributed by atoms with Gasteiger partial charge in [-0.3, -0.25) is 9.59 Å². The van der Waals surface area contributed by atoms with E-state index in [2.05, 4.69) is 5.32 Å². The molecule has 0 radical (unpaired) electrons. The van der Waals surface area contributed by atoms with Gasteiger partial charge in [0.05, 0.1) is 6.04 Å². The van der Waals surface area contributed by atoms with Gasteiger partial charge in [0.2, 0.25) is 5.91 Å². The van der Waals surface area contributed by atoms with Crippen LogP contribution in [0.2, 0.25) is 0 Å². The van der Waals surface area contributed by atoms with Crippen LogP contribution in [-0.4, -0.2) is 29.1 Å². The van der Waals surface area contributed by atoms with E-state index in [0.717, 1.165) is 6.42 Å². The first-order valence-corrected chi connectivity index (χ1v) is 5.66. The second kappa shape index (κ2) is 7.22. The van der Waals surface area contributed by atoms with Crippen LogP contribution < -0.4 is 11.1 Å². The maximum absolute atomic E-state index is 11.6. The molecule has 0 aromatic carbocycles. The highest BCUT2D eigenvalue weighted by Gasteiger charge is 2.20. The number of rotatable bonds is 7. The Kier molecular flexibility index (Phi) is 6.72. The van der Waals surface area contributed by atoms with Crippen molar-refractivity contribution in [3.05, 3.63) is 0 Å². The third-order valence-corrected chi connectivity index (χ3v) is 2.74. The summed E-state index contributed by atoms with van der Waals surface area (Å²) < 4.78 is 0. The molecule has 0 rings (SSSR count). The summed E-state index contributed by atoms with van der Waals surface area (Å²) in [4.78, 5) is 22.0. The van der Waals surface area contributed by atoms with Crippen LogP contribution in [0.1, 0.15) is 40.0 Å². The van der Waals surface area contributed by atoms with Crippen molar-refractivity contribution in [2.75, 3.05) is 0 Å². The Balaban J connectivity index is 3.98. The Morgan fingerprint density at radius 2 is 1.94 bits per heavy atom. The van der Waals surface area contributed by atoms with Gasteiger partial charge < -0.3 is 16.2 Å². The molecule has 1 amide bonds. The predicted molar refractivity (Wildman–Crippen MR) is 61.9 cm³/mol. The highest BCUT2D eigenvalue weighted by molar-refractivity contribution is 5.82. The number of carbonyl (C=O) groups excluding carboxylic acids is 1. The van der Waals surface area contributed by atoms with Crippen LogP contribution in [0.3, 0.4) is 0 Å². The van der Waals surface area contributed by atoms with Gasteiger partial charge in [-0.05, 0) is 19.3 Å². The molecule has 0 aliphatic heterocycles. The zero-order chi connectivity index (χ0) is 12.7. The van der Waals surface area contributed by atoms with E-state index < -0.39 is 12.0 Å². The average Bonchev–Trinajstić information content (AvgIpc) is 2.24. The zero-order valence-corrected chi connectivity index (χ0v) is 10.2. The number of carbonyl (C=O) groups is 2. The molecule has 0 aromatic rings. The van der Waals surface area contributed by atoms with Crippen molar-refractivity contribution in [3.8, 4) is 0 Å². The van der Waals surface area contributed by atoms with Gasteiger partial charge in [-0.25, -0.2) is 0 Å². The van der Waals surface area contributed by atoms with E-state index >= 15 is 0 Å². The lowest BCUT2D eigenvalue weighted by Gasteiger charge is -2.20. The average molecular weight is 230 g/mol. The molecule has 0 aromatic heterocycles. The predicted octanol–water partition coefficient (Wildman–Crippen LogP) is 0.729. The third-order valence-electron chi connectivity index (χ3n) is 2.74. The van der Waals surface area contributed by atoms with Crippen molar-refractivity contribution in [3.63, 3.8) is 0 Å². The summed E-state index contributed by atoms with van der Waals surface area (Å²) in [6.45, 7) is 5.68. The largest absolute Gasteiger partial charge is 0.481 e. The standard InChI is InChI=1S/C11H22N2O3/c1-4-7(2)10(12)11(16)13-8(3)5-6-9(14)15/h7-8,10H,4-6,12H2,1-3H3,(H,13,16)(H,14,15)/t7-,8?,10-/m0/s1. The van der Waals surface area contributed by atoms with E-state index in [1.807, 2.05) is 13.8 Å². The van der Waals surface area contributed by atoms with Crippen LogP contribution in [0.25, 0.3) is 0 Å². The SMILES string of the molecule is CC[C@H](C)[C@H](N)C(=O)NC(C)CCC(=O)O. The van der Waals surface area contributed by atoms with Crippen LogP contribution in [0, 0.1) is 5.92 Å². The summed E-state index contributed by atoms with van der Waals surface area (Å²) in [6, 6.07) is -0.670. The molecule has 5 heteroatoms. The fourth-order valence-corrected chi connectivity index (χ4v) is 1.26. The zero-order valence-electron chi connectivity index (χ0n) is 10.2. The summed E-state index contributed by atoms with van der Waals surface area (Å²) in [5, 5.41) is 11.2. The fourth-order valence-electron chi connectivity index (χ4n) is 1.26. The van der Waals surface area contributed by atoms with Gasteiger partial charge in [-0.2, -0.15) is 0 Å². The Morgan fingerprint density at radius 3 is 2.38 bits per heavy atom. The summed E-state index contributed by atoms with van der Waals surface area (Å²) in [6.07, 6.45) is 1.33. The highest BCUT2D eigenvalue weighted by Crippen LogP contribution is 2.06. The number of amides is 1. The summed E-state index contributed by atoms with van der Waals surface area (Å²) >= 11 is 0. The molecule has 0 saturated heterocycles. The molecule has 0 saturated carbocycles. The molecule has 0 aliphatic carbocycles. The Labute approximate surface area is 96.4 Å². The number of aliphatic carboxylic acids is 1. The Bertz CT molecular complexity index is 243. The number of carboxylic acid groups (broad SMARTS) is 1. The van der Waals surface area contributed by atoms with Crippen LogP contribution in [0.4, 0.5) is 0 Å². The number of carboxylic acids is 1. The second-order valence-electron chi connectivity index (χ2n) is 4.25. The van der Waals surface area contributed by atoms with E-state index in [4.69, 9.17) is 10.8 Å². The van der Waals surface area contributed by atoms with Gasteiger partial charge >= 0.3 is 5.97 Å². The molecule has 0 fully saturated rings. The first-order chi connectivity index (χ1) is 7.38. The van der Waals surface area contributed by atoms with Crippen molar-refractivity contribution >= 4 is 11.9 Å². The van der Waals surface area contributed by atoms with Crippen molar-refractivity contribution < 1.29 is 14.7 Å². The molecular weight excluding hydrogens is 208 g/mol. The van der Waals surface area contributed by atoms with E-state index in [1.165, 1.54) is 0 Å². The quantitative estimate of drug-likeness (QED) is 0.601. The van der Waals surface area contributed by atoms with Crippen LogP contribution in [0.5, 0.6) is 0 Å². The van der Waals surface area contributed by atoms with Gasteiger partial charge in [-0.1, -0.05) is 20.3 Å². The van der Waals surface area contributed by atoms with Gasteiger partial charge in [0.25, 0.3) is 0 Å². The fraction of sp³-hybridized carbons (Fsp3) is 0.818. The molecule has 0 heterocycles. The summed E-state index contributed by atoms with van der Waals surface area (Å²) in [5.41, 5.74) is 5.75. The first kappa shape index (κ1) is 14.9. The molecular formula is C11H22N2O3. The summed E-state index contributed by atoms with van der Waals surface area (Å²) in [7, 11) is 0. The minimum Gasteiger partial charge on any atom is -0.481 e. The number of hydrogen-bond acceptors (Lipinski definition) is 3. The molecule has 3 atom stereocenters. The lowest BCUT2D eigenvalue weighted by Crippen LogP contribution is -2.47. The molecule has 0 bridgehead atoms. The molecule has 16 heavy (non-hydrogen) atoms. The van der Waals surface area contributed by atoms with Crippen LogP contribution in [0.15, 0.2) is 0 Å². The van der Waals surface area contributed by atoms with Crippen LogP contribution in [-0.2, 0) is 9.59 Å². The van der Waals surface area contributed by atoms with Crippen molar-refractivity contribution in [1.82, 2.24) is 5.32 Å². The van der Waals surface area contributed by atoms with E-state index in [0.29, 0.717) is 6.42 Å². The number of nitrogens with two attached hydrogens (primary N) is 1. The van der Waals surface area contributed by atoms with E-state index in [9.17, 15) is 9.59 Å². The number of nitrogens with one attached hydrogen (secondary N) is 1. The van der Waals surface area contributed by atoms with Gasteiger partial charge in [0.15, 0.2) is 0 Å². The monoisotopic (exact) mass is 230 g/mol. The maximum Gasteiger partial charge on any atom is 0.303 e. The summed E-state index contributed by atoms with van der Waals surface area (Å²) in [5.74, 6) is -0.925. The molecule has 0 aliphatic rings. The van der Waals surface area contributed by atoms with Crippen molar-refractivity contribution in [2.45, 2.75) is 52.1 Å². The molecule has 94 valence electrons. The molecule has 5 nitrogen and oxygen atoms in total. The topological polar surface area (TPSA) is 92.4 Å². The number of hydrogen-bond donors (Lipinski definition) is 3. The molecule has 1 unspecified atom stereocenters. The van der Waals surface area contributed by atoms with E-state index in [-0.39, 0.29) is 24.3 Å². The Hall–Kier alpha value is -1.10. The first-order valence-electron chi connectivity index (χ1n) is 5.66. The lowest BCUT2D eigenvalue weighted by atomic mass is 9.99. The van der Waals surface area contributed by atoms with Crippen molar-refractivity contribution in [1.29, 1.82) is 0 Å². The normalized spacial score (nSPS) is 16.2. The van der Waals surface area contributed by atoms with Gasteiger partial charge in [0.1, 0.15) is 0 Å². The molecule has 4 N–H and O–H groups in total. The lowest BCUT2D eigenvalue weighted by molar-refractivity contribution is -0.137. The minimum absolute atomic E-state index is 0.0556. The maximum atomic E-state index is 11.6. The van der Waals surface area contributed by atoms with Crippen LogP contribution >= 0.6 is 0 Å². The van der Waals surface area contributed by atoms with Gasteiger partial charge in [0, 0.05) is 12.5 Å². The van der Waals surface area contributed by atoms with E-state index in [1.54, 1.807) is 6.92 Å². The highest BCUT2D eigenvalue weighted by atomic mass is 16.4. The van der Waals surface area contributed by atoms with Crippen molar-refractivity contribution in [2.24, 2.45) is 11.7 Å². The smallest absolute Gasteiger partial charge is 0.303 e. The third kappa shape index (κ3) is 5.70. The van der Waals surface area contributed by atoms with Gasteiger partial charge in [-0.15, -0.1) is 0 Å². The molecule has 0 spiro atoms.